The van der Waals surface area contributed by atoms with Crippen molar-refractivity contribution in [2.45, 2.75) is 71.7 Å². The summed E-state index contributed by atoms with van der Waals surface area (Å²) in [6.45, 7) is 14.1. The lowest BCUT2D eigenvalue weighted by atomic mass is 9.80. The molecule has 2 unspecified atom stereocenters. The van der Waals surface area contributed by atoms with Gasteiger partial charge in [0.1, 0.15) is 0 Å². The third-order valence-electron chi connectivity index (χ3n) is 5.08. The van der Waals surface area contributed by atoms with Gasteiger partial charge in [-0.15, -0.1) is 0 Å². The van der Waals surface area contributed by atoms with Crippen LogP contribution in [0.1, 0.15) is 47.5 Å². The van der Waals surface area contributed by atoms with E-state index in [1.807, 2.05) is 7.11 Å². The van der Waals surface area contributed by atoms with E-state index in [0.717, 1.165) is 18.5 Å². The molecule has 0 aromatic carbocycles. The second kappa shape index (κ2) is 5.71. The van der Waals surface area contributed by atoms with Crippen molar-refractivity contribution < 1.29 is 4.74 Å². The molecule has 0 amide bonds. The van der Waals surface area contributed by atoms with E-state index >= 15 is 0 Å². The van der Waals surface area contributed by atoms with Crippen LogP contribution in [-0.4, -0.2) is 49.3 Å². The van der Waals surface area contributed by atoms with Crippen molar-refractivity contribution in [1.29, 1.82) is 0 Å². The Morgan fingerprint density at radius 3 is 2.32 bits per heavy atom. The molecule has 0 bridgehead atoms. The fourth-order valence-corrected chi connectivity index (χ4v) is 3.41. The van der Waals surface area contributed by atoms with Gasteiger partial charge in [-0.2, -0.15) is 0 Å². The maximum absolute atomic E-state index is 5.45. The molecule has 0 radical (unpaired) electrons. The summed E-state index contributed by atoms with van der Waals surface area (Å²) in [5, 5.41) is 3.78. The Labute approximate surface area is 119 Å². The van der Waals surface area contributed by atoms with Crippen LogP contribution < -0.4 is 5.32 Å². The smallest absolute Gasteiger partial charge is 0.0601 e. The van der Waals surface area contributed by atoms with Crippen molar-refractivity contribution in [2.75, 3.05) is 20.2 Å². The van der Waals surface area contributed by atoms with Crippen molar-refractivity contribution in [1.82, 2.24) is 10.2 Å². The number of nitrogens with zero attached hydrogens (tertiary/aromatic N) is 1. The van der Waals surface area contributed by atoms with Crippen molar-refractivity contribution in [3.05, 3.63) is 0 Å². The Bertz CT molecular complexity index is 292. The summed E-state index contributed by atoms with van der Waals surface area (Å²) in [6, 6.07) is 2.02. The van der Waals surface area contributed by atoms with Gasteiger partial charge in [-0.1, -0.05) is 34.6 Å². The van der Waals surface area contributed by atoms with Crippen LogP contribution in [0.15, 0.2) is 0 Å². The summed E-state index contributed by atoms with van der Waals surface area (Å²) >= 11 is 0. The van der Waals surface area contributed by atoms with Gasteiger partial charge >= 0.3 is 0 Å². The van der Waals surface area contributed by atoms with Gasteiger partial charge in [0.2, 0.25) is 0 Å². The molecule has 1 saturated heterocycles. The minimum Gasteiger partial charge on any atom is -0.381 e. The standard InChI is InChI=1S/C16H32N2O/c1-11(2)14-9-17-15(16(3,4)5)10-18(14)12-7-13(8-12)19-6/h11-15,17H,7-10H2,1-6H3. The molecule has 112 valence electrons. The van der Waals surface area contributed by atoms with E-state index in [-0.39, 0.29) is 0 Å². The van der Waals surface area contributed by atoms with Gasteiger partial charge in [0.25, 0.3) is 0 Å². The van der Waals surface area contributed by atoms with E-state index < -0.39 is 0 Å². The molecule has 3 nitrogen and oxygen atoms in total. The van der Waals surface area contributed by atoms with E-state index in [4.69, 9.17) is 4.74 Å². The zero-order chi connectivity index (χ0) is 14.2. The molecule has 19 heavy (non-hydrogen) atoms. The molecule has 3 heteroatoms. The summed E-state index contributed by atoms with van der Waals surface area (Å²) in [4.78, 5) is 2.77. The molecular formula is C16H32N2O. The van der Waals surface area contributed by atoms with Crippen LogP contribution in [0.5, 0.6) is 0 Å². The predicted molar refractivity (Wildman–Crippen MR) is 80.4 cm³/mol. The van der Waals surface area contributed by atoms with Crippen LogP contribution in [0, 0.1) is 11.3 Å². The van der Waals surface area contributed by atoms with Crippen LogP contribution in [0.4, 0.5) is 0 Å². The maximum atomic E-state index is 5.45. The average Bonchev–Trinajstić information content (AvgIpc) is 2.26. The minimum atomic E-state index is 0.338. The van der Waals surface area contributed by atoms with Crippen LogP contribution in [0.3, 0.4) is 0 Å². The number of piperazine rings is 1. The van der Waals surface area contributed by atoms with Gasteiger partial charge in [-0.25, -0.2) is 0 Å². The first-order valence-electron chi connectivity index (χ1n) is 7.85. The molecule has 1 N–H and O–H groups in total. The van der Waals surface area contributed by atoms with Crippen molar-refractivity contribution >= 4 is 0 Å². The lowest BCUT2D eigenvalue weighted by Crippen LogP contribution is -2.66. The van der Waals surface area contributed by atoms with Gasteiger partial charge in [-0.05, 0) is 24.2 Å². The molecule has 1 aliphatic carbocycles. The van der Waals surface area contributed by atoms with E-state index in [9.17, 15) is 0 Å². The molecule has 2 fully saturated rings. The summed E-state index contributed by atoms with van der Waals surface area (Å²) < 4.78 is 5.45. The van der Waals surface area contributed by atoms with E-state index in [0.29, 0.717) is 23.6 Å². The molecule has 2 aliphatic rings. The zero-order valence-corrected chi connectivity index (χ0v) is 13.6. The molecule has 0 spiro atoms. The summed E-state index contributed by atoms with van der Waals surface area (Å²) in [5.74, 6) is 0.718. The summed E-state index contributed by atoms with van der Waals surface area (Å²) in [6.07, 6.45) is 2.94. The Balaban J connectivity index is 2.01. The van der Waals surface area contributed by atoms with Crippen molar-refractivity contribution in [3.8, 4) is 0 Å². The average molecular weight is 268 g/mol. The number of methoxy groups -OCH3 is 1. The second-order valence-corrected chi connectivity index (χ2v) is 7.82. The lowest BCUT2D eigenvalue weighted by molar-refractivity contribution is -0.0663. The predicted octanol–water partition coefficient (Wildman–Crippen LogP) is 2.51. The lowest BCUT2D eigenvalue weighted by Gasteiger charge is -2.53. The number of hydrogen-bond acceptors (Lipinski definition) is 3. The zero-order valence-electron chi connectivity index (χ0n) is 13.6. The van der Waals surface area contributed by atoms with Gasteiger partial charge in [0.05, 0.1) is 6.10 Å². The Hall–Kier alpha value is -0.120. The highest BCUT2D eigenvalue weighted by molar-refractivity contribution is 4.99. The van der Waals surface area contributed by atoms with Crippen LogP contribution in [0.2, 0.25) is 0 Å². The third-order valence-corrected chi connectivity index (χ3v) is 5.08. The molecule has 1 saturated carbocycles. The maximum Gasteiger partial charge on any atom is 0.0601 e. The topological polar surface area (TPSA) is 24.5 Å². The van der Waals surface area contributed by atoms with Gasteiger partial charge in [0, 0.05) is 38.3 Å². The largest absolute Gasteiger partial charge is 0.381 e. The normalized spacial score (nSPS) is 37.4. The van der Waals surface area contributed by atoms with Gasteiger partial charge in [-0.3, -0.25) is 4.90 Å². The minimum absolute atomic E-state index is 0.338. The Kier molecular flexibility index (Phi) is 4.59. The van der Waals surface area contributed by atoms with E-state index in [1.54, 1.807) is 0 Å². The van der Waals surface area contributed by atoms with E-state index in [1.165, 1.54) is 19.4 Å². The van der Waals surface area contributed by atoms with Crippen LogP contribution in [-0.2, 0) is 4.74 Å². The fourth-order valence-electron chi connectivity index (χ4n) is 3.41. The fraction of sp³-hybridized carbons (Fsp3) is 1.00. The molecule has 1 heterocycles. The number of ether oxygens (including phenoxy) is 1. The quantitative estimate of drug-likeness (QED) is 0.851. The van der Waals surface area contributed by atoms with Crippen LogP contribution in [0.25, 0.3) is 0 Å². The van der Waals surface area contributed by atoms with Crippen LogP contribution >= 0.6 is 0 Å². The third kappa shape index (κ3) is 3.32. The first-order chi connectivity index (χ1) is 8.82. The SMILES string of the molecule is COC1CC(N2CC(C(C)(C)C)NCC2C(C)C)C1. The van der Waals surface area contributed by atoms with Gasteiger partial charge in [0.15, 0.2) is 0 Å². The first-order valence-corrected chi connectivity index (χ1v) is 7.85. The first kappa shape index (κ1) is 15.3. The molecule has 0 aromatic rings. The Morgan fingerprint density at radius 1 is 1.21 bits per heavy atom. The van der Waals surface area contributed by atoms with Crippen molar-refractivity contribution in [3.63, 3.8) is 0 Å². The molecule has 2 atom stereocenters. The van der Waals surface area contributed by atoms with Crippen molar-refractivity contribution in [2.24, 2.45) is 11.3 Å². The highest BCUT2D eigenvalue weighted by Crippen LogP contribution is 2.34. The summed E-state index contributed by atoms with van der Waals surface area (Å²) in [7, 11) is 1.84. The molecule has 2 rings (SSSR count). The number of nitrogens with one attached hydrogen (secondary N) is 1. The molecular weight excluding hydrogens is 236 g/mol. The highest BCUT2D eigenvalue weighted by atomic mass is 16.5. The number of rotatable bonds is 3. The van der Waals surface area contributed by atoms with Gasteiger partial charge < -0.3 is 10.1 Å². The second-order valence-electron chi connectivity index (χ2n) is 7.82. The van der Waals surface area contributed by atoms with E-state index in [2.05, 4.69) is 44.8 Å². The number of hydrogen-bond donors (Lipinski definition) is 1. The monoisotopic (exact) mass is 268 g/mol. The molecule has 0 aromatic heterocycles. The summed E-state index contributed by atoms with van der Waals surface area (Å²) in [5.41, 5.74) is 0.338. The molecule has 1 aliphatic heterocycles. The highest BCUT2D eigenvalue weighted by Gasteiger charge is 2.42. The Morgan fingerprint density at radius 2 is 1.84 bits per heavy atom.